The van der Waals surface area contributed by atoms with Crippen LogP contribution in [-0.4, -0.2) is 61.0 Å². The molecule has 1 aliphatic carbocycles. The van der Waals surface area contributed by atoms with Gasteiger partial charge in [-0.05, 0) is 58.5 Å². The van der Waals surface area contributed by atoms with Crippen molar-refractivity contribution in [3.05, 3.63) is 0 Å². The molecule has 2 aliphatic rings. The second kappa shape index (κ2) is 6.71. The molecule has 0 aromatic rings. The summed E-state index contributed by atoms with van der Waals surface area (Å²) in [7, 11) is 1.96. The van der Waals surface area contributed by atoms with Gasteiger partial charge in [0.1, 0.15) is 0 Å². The van der Waals surface area contributed by atoms with Crippen molar-refractivity contribution in [3.63, 3.8) is 0 Å². The summed E-state index contributed by atoms with van der Waals surface area (Å²) in [5, 5.41) is 3.41. The van der Waals surface area contributed by atoms with Crippen LogP contribution in [0.5, 0.6) is 0 Å². The zero-order valence-electron chi connectivity index (χ0n) is 12.7. The number of carbonyl (C=O) groups is 1. The van der Waals surface area contributed by atoms with Crippen LogP contribution in [0.4, 0.5) is 0 Å². The molecule has 19 heavy (non-hydrogen) atoms. The molecule has 0 atom stereocenters. The van der Waals surface area contributed by atoms with Crippen LogP contribution in [0.1, 0.15) is 39.5 Å². The average molecular weight is 267 g/mol. The minimum atomic E-state index is 0.296. The van der Waals surface area contributed by atoms with E-state index in [1.54, 1.807) is 0 Å². The highest BCUT2D eigenvalue weighted by Gasteiger charge is 2.31. The minimum absolute atomic E-state index is 0.296. The largest absolute Gasteiger partial charge is 0.342 e. The molecule has 2 fully saturated rings. The molecular formula is C15H29N3O. The molecule has 1 heterocycles. The Balaban J connectivity index is 1.82. The van der Waals surface area contributed by atoms with Crippen LogP contribution in [-0.2, 0) is 4.79 Å². The number of carbonyl (C=O) groups excluding carboxylic acids is 1. The van der Waals surface area contributed by atoms with Crippen LogP contribution in [0.2, 0.25) is 0 Å². The molecule has 0 aromatic heterocycles. The van der Waals surface area contributed by atoms with Crippen LogP contribution in [0, 0.1) is 5.92 Å². The predicted molar refractivity (Wildman–Crippen MR) is 78.1 cm³/mol. The maximum atomic E-state index is 12.3. The molecule has 1 saturated heterocycles. The molecule has 0 aromatic carbocycles. The predicted octanol–water partition coefficient (Wildman–Crippen LogP) is 1.32. The summed E-state index contributed by atoms with van der Waals surface area (Å²) < 4.78 is 0. The van der Waals surface area contributed by atoms with E-state index in [4.69, 9.17) is 0 Å². The van der Waals surface area contributed by atoms with E-state index < -0.39 is 0 Å². The van der Waals surface area contributed by atoms with Crippen LogP contribution < -0.4 is 5.32 Å². The first-order valence-corrected chi connectivity index (χ1v) is 7.78. The van der Waals surface area contributed by atoms with Crippen molar-refractivity contribution < 1.29 is 4.79 Å². The first-order valence-electron chi connectivity index (χ1n) is 7.78. The van der Waals surface area contributed by atoms with Crippen molar-refractivity contribution in [3.8, 4) is 0 Å². The summed E-state index contributed by atoms with van der Waals surface area (Å²) in [5.74, 6) is 1.05. The maximum absolute atomic E-state index is 12.3. The lowest BCUT2D eigenvalue weighted by atomic mass is 9.97. The van der Waals surface area contributed by atoms with Crippen LogP contribution in [0.25, 0.3) is 0 Å². The van der Waals surface area contributed by atoms with Crippen molar-refractivity contribution >= 4 is 5.91 Å². The number of nitrogens with one attached hydrogen (secondary N) is 1. The van der Waals surface area contributed by atoms with Crippen LogP contribution >= 0.6 is 0 Å². The molecule has 1 saturated carbocycles. The summed E-state index contributed by atoms with van der Waals surface area (Å²) in [5.41, 5.74) is 0. The molecule has 4 nitrogen and oxygen atoms in total. The quantitative estimate of drug-likeness (QED) is 0.788. The van der Waals surface area contributed by atoms with Gasteiger partial charge in [0.25, 0.3) is 0 Å². The van der Waals surface area contributed by atoms with Crippen LogP contribution in [0.3, 0.4) is 0 Å². The Morgan fingerprint density at radius 1 is 1.21 bits per heavy atom. The van der Waals surface area contributed by atoms with Crippen molar-refractivity contribution in [1.29, 1.82) is 0 Å². The van der Waals surface area contributed by atoms with Gasteiger partial charge < -0.3 is 10.2 Å². The zero-order valence-corrected chi connectivity index (χ0v) is 12.7. The molecule has 0 bridgehead atoms. The van der Waals surface area contributed by atoms with E-state index in [-0.39, 0.29) is 0 Å². The van der Waals surface area contributed by atoms with E-state index in [0.717, 1.165) is 25.6 Å². The fraction of sp³-hybridized carbons (Fsp3) is 0.933. The van der Waals surface area contributed by atoms with Gasteiger partial charge >= 0.3 is 0 Å². The zero-order chi connectivity index (χ0) is 13.8. The topological polar surface area (TPSA) is 35.6 Å². The van der Waals surface area contributed by atoms with Crippen molar-refractivity contribution in [2.75, 3.05) is 33.2 Å². The van der Waals surface area contributed by atoms with E-state index in [0.29, 0.717) is 24.5 Å². The van der Waals surface area contributed by atoms with E-state index in [1.807, 2.05) is 11.9 Å². The maximum Gasteiger partial charge on any atom is 0.236 e. The SMILES string of the molecule is CC(C)N(CC(=O)N(C)C1CC1)CC1CCNCC1. The lowest BCUT2D eigenvalue weighted by Crippen LogP contribution is -2.45. The highest BCUT2D eigenvalue weighted by molar-refractivity contribution is 5.78. The molecule has 1 N–H and O–H groups in total. The summed E-state index contributed by atoms with van der Waals surface area (Å²) in [6, 6.07) is 0.979. The molecule has 0 spiro atoms. The highest BCUT2D eigenvalue weighted by Crippen LogP contribution is 2.25. The third-order valence-electron chi connectivity index (χ3n) is 4.51. The molecule has 4 heteroatoms. The van der Waals surface area contributed by atoms with Gasteiger partial charge in [0, 0.05) is 25.7 Å². The lowest BCUT2D eigenvalue weighted by Gasteiger charge is -2.33. The molecule has 2 rings (SSSR count). The summed E-state index contributed by atoms with van der Waals surface area (Å²) >= 11 is 0. The summed E-state index contributed by atoms with van der Waals surface area (Å²) in [6.45, 7) is 8.33. The summed E-state index contributed by atoms with van der Waals surface area (Å²) in [4.78, 5) is 16.6. The van der Waals surface area contributed by atoms with Crippen LogP contribution in [0.15, 0.2) is 0 Å². The van der Waals surface area contributed by atoms with Gasteiger partial charge in [-0.2, -0.15) is 0 Å². The normalized spacial score (nSPS) is 21.1. The van der Waals surface area contributed by atoms with Gasteiger partial charge in [-0.15, -0.1) is 0 Å². The fourth-order valence-corrected chi connectivity index (χ4v) is 2.80. The molecule has 1 amide bonds. The van der Waals surface area contributed by atoms with E-state index >= 15 is 0 Å². The van der Waals surface area contributed by atoms with Gasteiger partial charge in [-0.25, -0.2) is 0 Å². The molecule has 0 radical (unpaired) electrons. The molecular weight excluding hydrogens is 238 g/mol. The van der Waals surface area contributed by atoms with Crippen molar-refractivity contribution in [2.45, 2.75) is 51.6 Å². The number of likely N-dealkylation sites (N-methyl/N-ethyl adjacent to an activating group) is 1. The number of nitrogens with zero attached hydrogens (tertiary/aromatic N) is 2. The number of amides is 1. The Kier molecular flexibility index (Phi) is 5.22. The number of hydrogen-bond donors (Lipinski definition) is 1. The Morgan fingerprint density at radius 3 is 2.37 bits per heavy atom. The average Bonchev–Trinajstić information content (AvgIpc) is 3.22. The van der Waals surface area contributed by atoms with Crippen molar-refractivity contribution in [2.24, 2.45) is 5.92 Å². The van der Waals surface area contributed by atoms with Gasteiger partial charge in [0.05, 0.1) is 6.54 Å². The Morgan fingerprint density at radius 2 is 1.84 bits per heavy atom. The Hall–Kier alpha value is -0.610. The standard InChI is InChI=1S/C15H29N3O/c1-12(2)18(10-13-6-8-16-9-7-13)11-15(19)17(3)14-4-5-14/h12-14,16H,4-11H2,1-3H3. The fourth-order valence-electron chi connectivity index (χ4n) is 2.80. The highest BCUT2D eigenvalue weighted by atomic mass is 16.2. The third-order valence-corrected chi connectivity index (χ3v) is 4.51. The summed E-state index contributed by atoms with van der Waals surface area (Å²) in [6.07, 6.45) is 4.88. The first kappa shape index (κ1) is 14.8. The third kappa shape index (κ3) is 4.46. The van der Waals surface area contributed by atoms with Crippen molar-refractivity contribution in [1.82, 2.24) is 15.1 Å². The lowest BCUT2D eigenvalue weighted by molar-refractivity contribution is -0.132. The Labute approximate surface area is 117 Å². The van der Waals surface area contributed by atoms with Gasteiger partial charge in [0.15, 0.2) is 0 Å². The van der Waals surface area contributed by atoms with Gasteiger partial charge in [0.2, 0.25) is 5.91 Å². The number of hydrogen-bond acceptors (Lipinski definition) is 3. The minimum Gasteiger partial charge on any atom is -0.342 e. The Bertz CT molecular complexity index is 296. The second-order valence-electron chi connectivity index (χ2n) is 6.45. The molecule has 110 valence electrons. The van der Waals surface area contributed by atoms with Gasteiger partial charge in [-0.1, -0.05) is 0 Å². The smallest absolute Gasteiger partial charge is 0.236 e. The number of rotatable bonds is 6. The monoisotopic (exact) mass is 267 g/mol. The first-order chi connectivity index (χ1) is 9.08. The number of piperidine rings is 1. The second-order valence-corrected chi connectivity index (χ2v) is 6.45. The molecule has 1 aliphatic heterocycles. The van der Waals surface area contributed by atoms with Gasteiger partial charge in [-0.3, -0.25) is 9.69 Å². The van der Waals surface area contributed by atoms with E-state index in [2.05, 4.69) is 24.1 Å². The molecule has 0 unspecified atom stereocenters. The van der Waals surface area contributed by atoms with E-state index in [9.17, 15) is 4.79 Å². The van der Waals surface area contributed by atoms with E-state index in [1.165, 1.54) is 25.7 Å².